The minimum atomic E-state index is -4.56. The van der Waals surface area contributed by atoms with E-state index in [1.165, 1.54) is 35.0 Å². The molecule has 4 aromatic heterocycles. The number of halogens is 4. The van der Waals surface area contributed by atoms with Crippen molar-refractivity contribution < 1.29 is 17.6 Å². The molecule has 0 aliphatic rings. The fourth-order valence-corrected chi connectivity index (χ4v) is 3.65. The molecule has 0 radical (unpaired) electrons. The van der Waals surface area contributed by atoms with E-state index in [-0.39, 0.29) is 12.1 Å². The van der Waals surface area contributed by atoms with Crippen molar-refractivity contribution >= 4 is 10.9 Å². The normalized spacial score (nSPS) is 11.8. The number of aromatic nitrogens is 5. The molecule has 0 saturated heterocycles. The van der Waals surface area contributed by atoms with E-state index < -0.39 is 17.7 Å². The van der Waals surface area contributed by atoms with E-state index in [1.807, 2.05) is 18.2 Å². The SMILES string of the molecule is O=c1cc(-c2ccc3[nH]nc(-c4ccc(F)cn4)c3c2)ccn1Cc1ccnc(C(F)(F)F)c1. The van der Waals surface area contributed by atoms with E-state index in [1.54, 1.807) is 6.07 Å². The van der Waals surface area contributed by atoms with Gasteiger partial charge in [-0.25, -0.2) is 4.39 Å². The Morgan fingerprint density at radius 3 is 2.50 bits per heavy atom. The topological polar surface area (TPSA) is 76.5 Å². The van der Waals surface area contributed by atoms with Crippen LogP contribution in [0.2, 0.25) is 0 Å². The van der Waals surface area contributed by atoms with Crippen LogP contribution >= 0.6 is 0 Å². The van der Waals surface area contributed by atoms with Gasteiger partial charge < -0.3 is 4.57 Å². The second kappa shape index (κ2) is 8.22. The van der Waals surface area contributed by atoms with Crippen molar-refractivity contribution in [2.75, 3.05) is 0 Å². The highest BCUT2D eigenvalue weighted by Crippen LogP contribution is 2.30. The zero-order valence-electron chi connectivity index (χ0n) is 17.3. The number of H-pyrrole nitrogens is 1. The van der Waals surface area contributed by atoms with Crippen LogP contribution in [0.25, 0.3) is 33.4 Å². The first kappa shape index (κ1) is 21.5. The molecule has 6 nitrogen and oxygen atoms in total. The van der Waals surface area contributed by atoms with Crippen LogP contribution in [0.5, 0.6) is 0 Å². The Hall–Kier alpha value is -4.34. The second-order valence-corrected chi connectivity index (χ2v) is 7.62. The average molecular weight is 465 g/mol. The molecule has 34 heavy (non-hydrogen) atoms. The van der Waals surface area contributed by atoms with E-state index in [4.69, 9.17) is 0 Å². The molecule has 0 atom stereocenters. The van der Waals surface area contributed by atoms with Crippen LogP contribution in [-0.2, 0) is 12.7 Å². The first-order valence-corrected chi connectivity index (χ1v) is 10.1. The fourth-order valence-electron chi connectivity index (χ4n) is 3.65. The van der Waals surface area contributed by atoms with Crippen molar-refractivity contribution in [3.63, 3.8) is 0 Å². The van der Waals surface area contributed by atoms with Crippen LogP contribution in [0, 0.1) is 5.82 Å². The maximum atomic E-state index is 13.2. The van der Waals surface area contributed by atoms with E-state index in [2.05, 4.69) is 20.2 Å². The fraction of sp³-hybridized carbons (Fsp3) is 0.0833. The van der Waals surface area contributed by atoms with Crippen molar-refractivity contribution in [1.29, 1.82) is 0 Å². The third-order valence-electron chi connectivity index (χ3n) is 5.33. The van der Waals surface area contributed by atoms with Crippen LogP contribution in [0.4, 0.5) is 17.6 Å². The van der Waals surface area contributed by atoms with Gasteiger partial charge in [-0.3, -0.25) is 19.9 Å². The number of benzene rings is 1. The zero-order chi connectivity index (χ0) is 23.9. The van der Waals surface area contributed by atoms with Crippen molar-refractivity contribution in [2.24, 2.45) is 0 Å². The highest BCUT2D eigenvalue weighted by Gasteiger charge is 2.32. The van der Waals surface area contributed by atoms with Gasteiger partial charge in [0, 0.05) is 23.8 Å². The van der Waals surface area contributed by atoms with Crippen LogP contribution in [0.15, 0.2) is 78.0 Å². The molecule has 0 bridgehead atoms. The molecule has 0 unspecified atom stereocenters. The van der Waals surface area contributed by atoms with E-state index in [9.17, 15) is 22.4 Å². The monoisotopic (exact) mass is 465 g/mol. The van der Waals surface area contributed by atoms with E-state index in [0.29, 0.717) is 22.5 Å². The molecular formula is C24H15F4N5O. The van der Waals surface area contributed by atoms with Crippen LogP contribution in [-0.4, -0.2) is 24.7 Å². The minimum absolute atomic E-state index is 0.0220. The van der Waals surface area contributed by atoms with E-state index in [0.717, 1.165) is 34.9 Å². The Balaban J connectivity index is 1.46. The first-order valence-electron chi connectivity index (χ1n) is 10.1. The Morgan fingerprint density at radius 2 is 1.76 bits per heavy atom. The molecule has 1 N–H and O–H groups in total. The number of alkyl halides is 3. The maximum Gasteiger partial charge on any atom is 0.433 e. The van der Waals surface area contributed by atoms with Gasteiger partial charge in [0.15, 0.2) is 0 Å². The van der Waals surface area contributed by atoms with Gasteiger partial charge in [0.05, 0.1) is 24.0 Å². The summed E-state index contributed by atoms with van der Waals surface area (Å²) in [6, 6.07) is 13.8. The molecule has 0 saturated carbocycles. The lowest BCUT2D eigenvalue weighted by atomic mass is 10.0. The number of nitrogens with zero attached hydrogens (tertiary/aromatic N) is 4. The summed E-state index contributed by atoms with van der Waals surface area (Å²) in [5.74, 6) is -0.453. The summed E-state index contributed by atoms with van der Waals surface area (Å²) in [6.07, 6.45) is -0.836. The predicted molar refractivity (Wildman–Crippen MR) is 117 cm³/mol. The molecule has 0 aliphatic heterocycles. The molecule has 0 aliphatic carbocycles. The number of hydrogen-bond donors (Lipinski definition) is 1. The molecule has 4 heterocycles. The summed E-state index contributed by atoms with van der Waals surface area (Å²) in [5.41, 5.74) is 2.10. The minimum Gasteiger partial charge on any atom is -0.311 e. The molecule has 5 rings (SSSR count). The van der Waals surface area contributed by atoms with Gasteiger partial charge in [0.25, 0.3) is 5.56 Å². The summed E-state index contributed by atoms with van der Waals surface area (Å²) in [4.78, 5) is 20.1. The lowest BCUT2D eigenvalue weighted by Crippen LogP contribution is -2.19. The third-order valence-corrected chi connectivity index (χ3v) is 5.33. The van der Waals surface area contributed by atoms with Gasteiger partial charge in [-0.2, -0.15) is 18.3 Å². The second-order valence-electron chi connectivity index (χ2n) is 7.62. The van der Waals surface area contributed by atoms with Gasteiger partial charge >= 0.3 is 6.18 Å². The summed E-state index contributed by atoms with van der Waals surface area (Å²) in [7, 11) is 0. The molecule has 170 valence electrons. The number of hydrogen-bond acceptors (Lipinski definition) is 4. The molecule has 0 spiro atoms. The Bertz CT molecular complexity index is 1550. The summed E-state index contributed by atoms with van der Waals surface area (Å²) in [5, 5.41) is 7.93. The maximum absolute atomic E-state index is 13.2. The van der Waals surface area contributed by atoms with Gasteiger partial charge in [0.1, 0.15) is 17.2 Å². The van der Waals surface area contributed by atoms with Crippen molar-refractivity contribution in [3.8, 4) is 22.5 Å². The molecule has 10 heteroatoms. The van der Waals surface area contributed by atoms with Gasteiger partial charge in [0.2, 0.25) is 0 Å². The van der Waals surface area contributed by atoms with Crippen molar-refractivity contribution in [1.82, 2.24) is 24.7 Å². The average Bonchev–Trinajstić information content (AvgIpc) is 3.24. The van der Waals surface area contributed by atoms with Gasteiger partial charge in [-0.05, 0) is 59.2 Å². The Kier molecular flexibility index (Phi) is 5.20. The lowest BCUT2D eigenvalue weighted by molar-refractivity contribution is -0.141. The van der Waals surface area contributed by atoms with Gasteiger partial charge in [-0.15, -0.1) is 0 Å². The smallest absolute Gasteiger partial charge is 0.311 e. The standard InChI is InChI=1S/C24H15F4N5O/c25-17-2-4-20(30-12-17)23-18-10-15(1-3-19(18)31-32-23)16-6-8-33(22(34)11-16)13-14-5-7-29-21(9-14)24(26,27)28/h1-12H,13H2,(H,31,32). The number of nitrogens with one attached hydrogen (secondary N) is 1. The van der Waals surface area contributed by atoms with Crippen LogP contribution in [0.3, 0.4) is 0 Å². The van der Waals surface area contributed by atoms with Crippen LogP contribution in [0.1, 0.15) is 11.3 Å². The summed E-state index contributed by atoms with van der Waals surface area (Å²) >= 11 is 0. The molecule has 0 amide bonds. The first-order chi connectivity index (χ1) is 16.3. The number of aromatic amines is 1. The number of rotatable bonds is 4. The zero-order valence-corrected chi connectivity index (χ0v) is 17.3. The van der Waals surface area contributed by atoms with Crippen LogP contribution < -0.4 is 5.56 Å². The number of fused-ring (bicyclic) bond motifs is 1. The van der Waals surface area contributed by atoms with Gasteiger partial charge in [-0.1, -0.05) is 6.07 Å². The Labute approximate surface area is 189 Å². The third kappa shape index (κ3) is 4.17. The largest absolute Gasteiger partial charge is 0.433 e. The van der Waals surface area contributed by atoms with Crippen molar-refractivity contribution in [3.05, 3.63) is 101 Å². The van der Waals surface area contributed by atoms with E-state index >= 15 is 0 Å². The molecule has 1 aromatic carbocycles. The quantitative estimate of drug-likeness (QED) is 0.377. The molecule has 0 fully saturated rings. The summed E-state index contributed by atoms with van der Waals surface area (Å²) in [6.45, 7) is -0.0220. The number of pyridine rings is 3. The summed E-state index contributed by atoms with van der Waals surface area (Å²) < 4.78 is 53.3. The Morgan fingerprint density at radius 1 is 0.941 bits per heavy atom. The molecule has 5 aromatic rings. The predicted octanol–water partition coefficient (Wildman–Crippen LogP) is 5.05. The highest BCUT2D eigenvalue weighted by molar-refractivity contribution is 5.94. The lowest BCUT2D eigenvalue weighted by Gasteiger charge is -2.10. The highest BCUT2D eigenvalue weighted by atomic mass is 19.4. The molecular weight excluding hydrogens is 450 g/mol. The van der Waals surface area contributed by atoms with Crippen molar-refractivity contribution in [2.45, 2.75) is 12.7 Å².